The van der Waals surface area contributed by atoms with Gasteiger partial charge in [-0.3, -0.25) is 19.7 Å². The van der Waals surface area contributed by atoms with Gasteiger partial charge in [0.2, 0.25) is 5.91 Å². The van der Waals surface area contributed by atoms with Crippen molar-refractivity contribution >= 4 is 5.91 Å². The van der Waals surface area contributed by atoms with E-state index >= 15 is 0 Å². The van der Waals surface area contributed by atoms with Crippen LogP contribution in [0.5, 0.6) is 0 Å². The maximum absolute atomic E-state index is 13.1. The third-order valence-corrected chi connectivity index (χ3v) is 5.72. The first-order valence-corrected chi connectivity index (χ1v) is 10.8. The molecule has 0 N–H and O–H groups in total. The minimum atomic E-state index is -0.0676. The predicted molar refractivity (Wildman–Crippen MR) is 112 cm³/mol. The Kier molecular flexibility index (Phi) is 7.39. The summed E-state index contributed by atoms with van der Waals surface area (Å²) in [6.45, 7) is 5.15. The zero-order valence-corrected chi connectivity index (χ0v) is 17.4. The van der Waals surface area contributed by atoms with Gasteiger partial charge in [-0.25, -0.2) is 0 Å². The largest absolute Gasteiger partial charge is 0.381 e. The van der Waals surface area contributed by atoms with Crippen LogP contribution >= 0.6 is 0 Å². The van der Waals surface area contributed by atoms with Gasteiger partial charge in [0.25, 0.3) is 0 Å². The van der Waals surface area contributed by atoms with Gasteiger partial charge in [-0.05, 0) is 43.0 Å². The fraction of sp³-hybridized carbons (Fsp3) is 0.522. The number of ether oxygens (including phenoxy) is 2. The summed E-state index contributed by atoms with van der Waals surface area (Å²) in [7, 11) is 0. The second-order valence-electron chi connectivity index (χ2n) is 8.10. The minimum Gasteiger partial charge on any atom is -0.381 e. The Bertz CT molecular complexity index is 784. The number of aromatic nitrogens is 2. The predicted octanol–water partition coefficient (Wildman–Crippen LogP) is 2.13. The van der Waals surface area contributed by atoms with E-state index in [9.17, 15) is 4.79 Å². The molecule has 2 aromatic heterocycles. The standard InChI is InChI=1S/C23H30N4O3/c28-23-17-26(14-20-5-1-3-9-24-20)15-22(30-18-21-6-2-4-10-25-21)16-27(23)13-19-7-11-29-12-8-19/h1-6,9-10,19,22H,7-8,11-18H2. The Hall–Kier alpha value is -2.35. The summed E-state index contributed by atoms with van der Waals surface area (Å²) < 4.78 is 11.7. The first kappa shape index (κ1) is 20.9. The van der Waals surface area contributed by atoms with Gasteiger partial charge in [-0.15, -0.1) is 0 Å². The zero-order chi connectivity index (χ0) is 20.6. The quantitative estimate of drug-likeness (QED) is 0.697. The average molecular weight is 411 g/mol. The number of pyridine rings is 2. The summed E-state index contributed by atoms with van der Waals surface area (Å²) in [4.78, 5) is 26.0. The molecule has 7 nitrogen and oxygen atoms in total. The van der Waals surface area contributed by atoms with Crippen molar-refractivity contribution in [2.45, 2.75) is 32.1 Å². The molecule has 160 valence electrons. The molecule has 0 radical (unpaired) electrons. The molecule has 2 fully saturated rings. The molecule has 0 aliphatic carbocycles. The summed E-state index contributed by atoms with van der Waals surface area (Å²) in [6.07, 6.45) is 5.53. The van der Waals surface area contributed by atoms with Crippen molar-refractivity contribution in [3.05, 3.63) is 60.2 Å². The smallest absolute Gasteiger partial charge is 0.236 e. The van der Waals surface area contributed by atoms with E-state index in [2.05, 4.69) is 14.9 Å². The molecule has 0 saturated carbocycles. The summed E-state index contributed by atoms with van der Waals surface area (Å²) in [5.41, 5.74) is 1.87. The molecule has 2 aromatic rings. The number of nitrogens with zero attached hydrogens (tertiary/aromatic N) is 4. The van der Waals surface area contributed by atoms with Crippen molar-refractivity contribution in [3.63, 3.8) is 0 Å². The third kappa shape index (κ3) is 6.08. The van der Waals surface area contributed by atoms with Crippen molar-refractivity contribution in [3.8, 4) is 0 Å². The maximum atomic E-state index is 13.1. The molecule has 4 rings (SSSR count). The SMILES string of the molecule is O=C1CN(Cc2ccccn2)CC(OCc2ccccn2)CN1CC1CCOCC1. The highest BCUT2D eigenvalue weighted by molar-refractivity contribution is 5.78. The van der Waals surface area contributed by atoms with Gasteiger partial charge in [-0.2, -0.15) is 0 Å². The molecule has 0 bridgehead atoms. The fourth-order valence-electron chi connectivity index (χ4n) is 4.10. The van der Waals surface area contributed by atoms with Gasteiger partial charge in [0.15, 0.2) is 0 Å². The molecule has 30 heavy (non-hydrogen) atoms. The van der Waals surface area contributed by atoms with Crippen LogP contribution in [0.15, 0.2) is 48.8 Å². The second kappa shape index (κ2) is 10.6. The lowest BCUT2D eigenvalue weighted by atomic mass is 9.99. The lowest BCUT2D eigenvalue weighted by Gasteiger charge is -2.30. The molecule has 2 aliphatic heterocycles. The van der Waals surface area contributed by atoms with Gasteiger partial charge in [-0.1, -0.05) is 12.1 Å². The third-order valence-electron chi connectivity index (χ3n) is 5.72. The van der Waals surface area contributed by atoms with E-state index in [4.69, 9.17) is 9.47 Å². The molecule has 0 spiro atoms. The van der Waals surface area contributed by atoms with Crippen molar-refractivity contribution in [1.82, 2.24) is 19.8 Å². The topological polar surface area (TPSA) is 67.8 Å². The highest BCUT2D eigenvalue weighted by Crippen LogP contribution is 2.19. The Balaban J connectivity index is 1.44. The Morgan fingerprint density at radius 3 is 2.43 bits per heavy atom. The first-order valence-electron chi connectivity index (χ1n) is 10.8. The van der Waals surface area contributed by atoms with E-state index < -0.39 is 0 Å². The van der Waals surface area contributed by atoms with Crippen molar-refractivity contribution in [2.24, 2.45) is 5.92 Å². The molecular weight excluding hydrogens is 380 g/mol. The van der Waals surface area contributed by atoms with E-state index in [1.165, 1.54) is 0 Å². The normalized spacial score (nSPS) is 21.5. The lowest BCUT2D eigenvalue weighted by Crippen LogP contribution is -2.42. The van der Waals surface area contributed by atoms with Gasteiger partial charge in [0, 0.05) is 51.8 Å². The minimum absolute atomic E-state index is 0.0676. The summed E-state index contributed by atoms with van der Waals surface area (Å²) in [5, 5.41) is 0. The van der Waals surface area contributed by atoms with Gasteiger partial charge in [0.1, 0.15) is 0 Å². The molecule has 4 heterocycles. The van der Waals surface area contributed by atoms with Crippen LogP contribution in [0.2, 0.25) is 0 Å². The van der Waals surface area contributed by atoms with Gasteiger partial charge in [0.05, 0.1) is 30.6 Å². The summed E-state index contributed by atoms with van der Waals surface area (Å²) >= 11 is 0. The van der Waals surface area contributed by atoms with E-state index in [1.54, 1.807) is 12.4 Å². The Labute approximate surface area is 178 Å². The van der Waals surface area contributed by atoms with E-state index in [0.29, 0.717) is 38.7 Å². The molecule has 2 aliphatic rings. The van der Waals surface area contributed by atoms with E-state index in [-0.39, 0.29) is 12.0 Å². The highest BCUT2D eigenvalue weighted by Gasteiger charge is 2.30. The maximum Gasteiger partial charge on any atom is 0.236 e. The van der Waals surface area contributed by atoms with Crippen molar-refractivity contribution in [2.75, 3.05) is 39.4 Å². The molecule has 0 aromatic carbocycles. The van der Waals surface area contributed by atoms with Crippen molar-refractivity contribution < 1.29 is 14.3 Å². The number of carbonyl (C=O) groups excluding carboxylic acids is 1. The Morgan fingerprint density at radius 1 is 1.00 bits per heavy atom. The number of amides is 1. The number of rotatable bonds is 7. The molecular formula is C23H30N4O3. The average Bonchev–Trinajstić information content (AvgIpc) is 2.92. The molecule has 2 saturated heterocycles. The van der Waals surface area contributed by atoms with Gasteiger partial charge >= 0.3 is 0 Å². The number of hydrogen-bond acceptors (Lipinski definition) is 6. The van der Waals surface area contributed by atoms with Crippen LogP contribution < -0.4 is 0 Å². The second-order valence-corrected chi connectivity index (χ2v) is 8.10. The van der Waals surface area contributed by atoms with Crippen molar-refractivity contribution in [1.29, 1.82) is 0 Å². The van der Waals surface area contributed by atoms with E-state index in [0.717, 1.165) is 44.0 Å². The molecule has 1 atom stereocenters. The van der Waals surface area contributed by atoms with Crippen LogP contribution in [0.4, 0.5) is 0 Å². The number of hydrogen-bond donors (Lipinski definition) is 0. The number of carbonyl (C=O) groups is 1. The van der Waals surface area contributed by atoms with Crippen LogP contribution in [-0.4, -0.2) is 71.2 Å². The highest BCUT2D eigenvalue weighted by atomic mass is 16.5. The van der Waals surface area contributed by atoms with Crippen LogP contribution in [0.1, 0.15) is 24.2 Å². The molecule has 7 heteroatoms. The van der Waals surface area contributed by atoms with Crippen LogP contribution in [0, 0.1) is 5.92 Å². The first-order chi connectivity index (χ1) is 14.8. The van der Waals surface area contributed by atoms with Crippen LogP contribution in [-0.2, 0) is 27.4 Å². The monoisotopic (exact) mass is 410 g/mol. The van der Waals surface area contributed by atoms with Crippen LogP contribution in [0.3, 0.4) is 0 Å². The van der Waals surface area contributed by atoms with Gasteiger partial charge < -0.3 is 14.4 Å². The van der Waals surface area contributed by atoms with Crippen LogP contribution in [0.25, 0.3) is 0 Å². The Morgan fingerprint density at radius 2 is 1.73 bits per heavy atom. The summed E-state index contributed by atoms with van der Waals surface area (Å²) in [6, 6.07) is 11.7. The zero-order valence-electron chi connectivity index (χ0n) is 17.4. The molecule has 1 amide bonds. The molecule has 1 unspecified atom stereocenters. The summed E-state index contributed by atoms with van der Waals surface area (Å²) in [5.74, 6) is 0.669. The lowest BCUT2D eigenvalue weighted by molar-refractivity contribution is -0.133. The van der Waals surface area contributed by atoms with E-state index in [1.807, 2.05) is 41.3 Å². The fourth-order valence-corrected chi connectivity index (χ4v) is 4.10.